The van der Waals surface area contributed by atoms with Crippen molar-refractivity contribution in [3.05, 3.63) is 34.6 Å². The molecular formula is C9H9ClFNO2. The highest BCUT2D eigenvalue weighted by atomic mass is 35.5. The van der Waals surface area contributed by atoms with Crippen LogP contribution in [0.3, 0.4) is 0 Å². The number of carbonyl (C=O) groups excluding carboxylic acids is 1. The molecule has 1 unspecified atom stereocenters. The number of rotatable bonds is 2. The molecule has 0 spiro atoms. The number of nitrogens with two attached hydrogens (primary N) is 1. The van der Waals surface area contributed by atoms with Crippen LogP contribution in [0.5, 0.6) is 0 Å². The number of benzene rings is 1. The maximum atomic E-state index is 13.3. The normalized spacial score (nSPS) is 14.9. The molecule has 1 aromatic rings. The number of hydrogen-bond acceptors (Lipinski definition) is 2. The van der Waals surface area contributed by atoms with E-state index < -0.39 is 17.3 Å². The van der Waals surface area contributed by atoms with Crippen molar-refractivity contribution in [1.82, 2.24) is 0 Å². The zero-order valence-electron chi connectivity index (χ0n) is 7.42. The fourth-order valence-corrected chi connectivity index (χ4v) is 1.43. The quantitative estimate of drug-likeness (QED) is 0.781. The summed E-state index contributed by atoms with van der Waals surface area (Å²) >= 11 is 5.65. The highest BCUT2D eigenvalue weighted by molar-refractivity contribution is 6.31. The van der Waals surface area contributed by atoms with Gasteiger partial charge in [-0.3, -0.25) is 4.79 Å². The summed E-state index contributed by atoms with van der Waals surface area (Å²) in [7, 11) is 0. The number of primary amides is 1. The average Bonchev–Trinajstić information content (AvgIpc) is 2.02. The lowest BCUT2D eigenvalue weighted by Gasteiger charge is -2.21. The second-order valence-corrected chi connectivity index (χ2v) is 3.44. The van der Waals surface area contributed by atoms with Gasteiger partial charge in [-0.05, 0) is 19.1 Å². The van der Waals surface area contributed by atoms with Crippen molar-refractivity contribution in [2.24, 2.45) is 5.73 Å². The zero-order chi connectivity index (χ0) is 10.9. The first-order valence-electron chi connectivity index (χ1n) is 3.84. The van der Waals surface area contributed by atoms with Crippen LogP contribution in [0.25, 0.3) is 0 Å². The minimum absolute atomic E-state index is 0.0335. The second-order valence-electron chi connectivity index (χ2n) is 3.03. The van der Waals surface area contributed by atoms with Crippen molar-refractivity contribution in [2.45, 2.75) is 12.5 Å². The second kappa shape index (κ2) is 3.55. The minimum Gasteiger partial charge on any atom is -0.375 e. The van der Waals surface area contributed by atoms with Gasteiger partial charge in [0, 0.05) is 5.56 Å². The van der Waals surface area contributed by atoms with Crippen molar-refractivity contribution in [3.8, 4) is 0 Å². The third-order valence-corrected chi connectivity index (χ3v) is 2.24. The molecule has 76 valence electrons. The molecule has 0 heterocycles. The van der Waals surface area contributed by atoms with E-state index in [0.29, 0.717) is 0 Å². The van der Waals surface area contributed by atoms with Gasteiger partial charge >= 0.3 is 0 Å². The SMILES string of the molecule is CC(O)(C(N)=O)c1c(F)cccc1Cl. The van der Waals surface area contributed by atoms with Crippen LogP contribution in [0.15, 0.2) is 18.2 Å². The molecule has 0 saturated carbocycles. The Balaban J connectivity index is 3.38. The van der Waals surface area contributed by atoms with Gasteiger partial charge in [0.25, 0.3) is 5.91 Å². The molecule has 1 rings (SSSR count). The van der Waals surface area contributed by atoms with Gasteiger partial charge in [-0.1, -0.05) is 17.7 Å². The van der Waals surface area contributed by atoms with E-state index in [9.17, 15) is 14.3 Å². The van der Waals surface area contributed by atoms with Crippen LogP contribution in [-0.4, -0.2) is 11.0 Å². The molecule has 0 aliphatic carbocycles. The fourth-order valence-electron chi connectivity index (χ4n) is 1.09. The summed E-state index contributed by atoms with van der Waals surface area (Å²) in [5, 5.41) is 9.59. The van der Waals surface area contributed by atoms with E-state index in [2.05, 4.69) is 0 Å². The smallest absolute Gasteiger partial charge is 0.253 e. The molecule has 0 fully saturated rings. The number of halogens is 2. The summed E-state index contributed by atoms with van der Waals surface area (Å²) in [6.07, 6.45) is 0. The van der Waals surface area contributed by atoms with Crippen molar-refractivity contribution < 1.29 is 14.3 Å². The zero-order valence-corrected chi connectivity index (χ0v) is 8.18. The predicted molar refractivity (Wildman–Crippen MR) is 50.2 cm³/mol. The van der Waals surface area contributed by atoms with E-state index in [1.807, 2.05) is 0 Å². The molecular weight excluding hydrogens is 209 g/mol. The van der Waals surface area contributed by atoms with E-state index >= 15 is 0 Å². The first kappa shape index (κ1) is 10.9. The van der Waals surface area contributed by atoms with Crippen molar-refractivity contribution in [1.29, 1.82) is 0 Å². The molecule has 0 aromatic heterocycles. The summed E-state index contributed by atoms with van der Waals surface area (Å²) in [5.41, 5.74) is 2.53. The maximum absolute atomic E-state index is 13.3. The Hall–Kier alpha value is -1.13. The predicted octanol–water partition coefficient (Wildman–Crippen LogP) is 1.17. The van der Waals surface area contributed by atoms with Crippen molar-refractivity contribution >= 4 is 17.5 Å². The summed E-state index contributed by atoms with van der Waals surface area (Å²) < 4.78 is 13.3. The molecule has 3 N–H and O–H groups in total. The third kappa shape index (κ3) is 1.71. The molecule has 1 atom stereocenters. The summed E-state index contributed by atoms with van der Waals surface area (Å²) in [4.78, 5) is 10.9. The summed E-state index contributed by atoms with van der Waals surface area (Å²) in [6, 6.07) is 3.84. The molecule has 0 aliphatic heterocycles. The van der Waals surface area contributed by atoms with Crippen LogP contribution in [0, 0.1) is 5.82 Å². The average molecular weight is 218 g/mol. The monoisotopic (exact) mass is 217 g/mol. The minimum atomic E-state index is -2.09. The van der Waals surface area contributed by atoms with Crippen LogP contribution in [0.2, 0.25) is 5.02 Å². The number of hydrogen-bond donors (Lipinski definition) is 2. The lowest BCUT2D eigenvalue weighted by molar-refractivity contribution is -0.135. The molecule has 0 radical (unpaired) electrons. The summed E-state index contributed by atoms with van der Waals surface area (Å²) in [6.45, 7) is 1.10. The molecule has 0 aliphatic rings. The Bertz CT molecular complexity index is 359. The highest BCUT2D eigenvalue weighted by Gasteiger charge is 2.34. The summed E-state index contributed by atoms with van der Waals surface area (Å²) in [5.74, 6) is -1.81. The highest BCUT2D eigenvalue weighted by Crippen LogP contribution is 2.29. The maximum Gasteiger partial charge on any atom is 0.253 e. The van der Waals surface area contributed by atoms with Gasteiger partial charge < -0.3 is 10.8 Å². The lowest BCUT2D eigenvalue weighted by atomic mass is 9.95. The number of aliphatic hydroxyl groups is 1. The molecule has 1 amide bonds. The fraction of sp³-hybridized carbons (Fsp3) is 0.222. The Kier molecular flexibility index (Phi) is 2.78. The van der Waals surface area contributed by atoms with Gasteiger partial charge in [-0.25, -0.2) is 4.39 Å². The van der Waals surface area contributed by atoms with Crippen molar-refractivity contribution in [3.63, 3.8) is 0 Å². The third-order valence-electron chi connectivity index (χ3n) is 1.93. The van der Waals surface area contributed by atoms with E-state index in [4.69, 9.17) is 17.3 Å². The first-order valence-corrected chi connectivity index (χ1v) is 4.22. The van der Waals surface area contributed by atoms with Crippen LogP contribution in [0.1, 0.15) is 12.5 Å². The number of amides is 1. The molecule has 14 heavy (non-hydrogen) atoms. The van der Waals surface area contributed by atoms with Gasteiger partial charge in [0.15, 0.2) is 5.60 Å². The standard InChI is InChI=1S/C9H9ClFNO2/c1-9(14,8(12)13)7-5(10)3-2-4-6(7)11/h2-4,14H,1H3,(H2,12,13). The van der Waals surface area contributed by atoms with Gasteiger partial charge in [-0.15, -0.1) is 0 Å². The largest absolute Gasteiger partial charge is 0.375 e. The Morgan fingerprint density at radius 3 is 2.64 bits per heavy atom. The molecule has 3 nitrogen and oxygen atoms in total. The molecule has 1 aromatic carbocycles. The van der Waals surface area contributed by atoms with Crippen LogP contribution >= 0.6 is 11.6 Å². The van der Waals surface area contributed by atoms with E-state index in [1.54, 1.807) is 0 Å². The van der Waals surface area contributed by atoms with Gasteiger partial charge in [-0.2, -0.15) is 0 Å². The van der Waals surface area contributed by atoms with Crippen LogP contribution in [-0.2, 0) is 10.4 Å². The Morgan fingerprint density at radius 2 is 2.21 bits per heavy atom. The molecule has 0 bridgehead atoms. The Labute approximate surface area is 85.3 Å². The van der Waals surface area contributed by atoms with Crippen LogP contribution in [0.4, 0.5) is 4.39 Å². The number of carbonyl (C=O) groups is 1. The van der Waals surface area contributed by atoms with Gasteiger partial charge in [0.05, 0.1) is 5.02 Å². The molecule has 0 saturated heterocycles. The van der Waals surface area contributed by atoms with E-state index in [-0.39, 0.29) is 10.6 Å². The van der Waals surface area contributed by atoms with Crippen LogP contribution < -0.4 is 5.73 Å². The van der Waals surface area contributed by atoms with E-state index in [0.717, 1.165) is 13.0 Å². The van der Waals surface area contributed by atoms with Gasteiger partial charge in [0.2, 0.25) is 0 Å². The lowest BCUT2D eigenvalue weighted by Crippen LogP contribution is -2.39. The van der Waals surface area contributed by atoms with Gasteiger partial charge in [0.1, 0.15) is 5.82 Å². The van der Waals surface area contributed by atoms with E-state index in [1.165, 1.54) is 12.1 Å². The molecule has 5 heteroatoms. The van der Waals surface area contributed by atoms with Crippen molar-refractivity contribution in [2.75, 3.05) is 0 Å². The Morgan fingerprint density at radius 1 is 1.64 bits per heavy atom. The topological polar surface area (TPSA) is 63.3 Å². The first-order chi connectivity index (χ1) is 6.37.